The molecule has 0 spiro atoms. The maximum Gasteiger partial charge on any atom is 0.255 e. The van der Waals surface area contributed by atoms with Gasteiger partial charge in [0.05, 0.1) is 5.69 Å². The van der Waals surface area contributed by atoms with Crippen LogP contribution in [0, 0.1) is 11.6 Å². The first-order valence-electron chi connectivity index (χ1n) is 7.07. The Balaban J connectivity index is 1.78. The molecule has 0 aliphatic rings. The number of anilines is 1. The Labute approximate surface area is 136 Å². The molecule has 0 aliphatic carbocycles. The fourth-order valence-corrected chi connectivity index (χ4v) is 2.02. The lowest BCUT2D eigenvalue weighted by atomic mass is 10.2. The van der Waals surface area contributed by atoms with Crippen molar-refractivity contribution >= 4 is 11.6 Å². The molecule has 3 rings (SSSR count). The third kappa shape index (κ3) is 3.73. The molecule has 2 aromatic carbocycles. The van der Waals surface area contributed by atoms with Crippen molar-refractivity contribution in [2.45, 2.75) is 0 Å². The van der Waals surface area contributed by atoms with Crippen LogP contribution >= 0.6 is 0 Å². The van der Waals surface area contributed by atoms with E-state index in [2.05, 4.69) is 10.3 Å². The average Bonchev–Trinajstić information content (AvgIpc) is 2.59. The van der Waals surface area contributed by atoms with Gasteiger partial charge in [0.15, 0.2) is 0 Å². The summed E-state index contributed by atoms with van der Waals surface area (Å²) in [5.74, 6) is -1.15. The van der Waals surface area contributed by atoms with E-state index in [1.54, 1.807) is 36.5 Å². The molecule has 120 valence electrons. The summed E-state index contributed by atoms with van der Waals surface area (Å²) in [5.41, 5.74) is 0.0168. The number of hydrogen-bond acceptors (Lipinski definition) is 3. The predicted octanol–water partition coefficient (Wildman–Crippen LogP) is 4.40. The number of carbonyl (C=O) groups excluding carboxylic acids is 1. The zero-order valence-electron chi connectivity index (χ0n) is 12.4. The predicted molar refractivity (Wildman–Crippen MR) is 85.1 cm³/mol. The van der Waals surface area contributed by atoms with E-state index in [4.69, 9.17) is 4.74 Å². The minimum Gasteiger partial charge on any atom is -0.439 e. The smallest absolute Gasteiger partial charge is 0.255 e. The van der Waals surface area contributed by atoms with Gasteiger partial charge in [-0.2, -0.15) is 0 Å². The van der Waals surface area contributed by atoms with E-state index in [-0.39, 0.29) is 11.3 Å². The number of rotatable bonds is 4. The minimum absolute atomic E-state index is 0.226. The van der Waals surface area contributed by atoms with E-state index in [9.17, 15) is 13.6 Å². The third-order valence-electron chi connectivity index (χ3n) is 3.13. The summed E-state index contributed by atoms with van der Waals surface area (Å²) in [6, 6.07) is 14.4. The van der Waals surface area contributed by atoms with Gasteiger partial charge in [0, 0.05) is 23.9 Å². The van der Waals surface area contributed by atoms with Crippen LogP contribution in [0.5, 0.6) is 11.6 Å². The van der Waals surface area contributed by atoms with E-state index in [0.29, 0.717) is 11.6 Å². The van der Waals surface area contributed by atoms with Gasteiger partial charge in [-0.15, -0.1) is 0 Å². The zero-order chi connectivity index (χ0) is 16.9. The number of aromatic nitrogens is 1. The molecule has 4 nitrogen and oxygen atoms in total. The van der Waals surface area contributed by atoms with Crippen LogP contribution in [0.15, 0.2) is 66.9 Å². The quantitative estimate of drug-likeness (QED) is 0.773. The van der Waals surface area contributed by atoms with E-state index >= 15 is 0 Å². The molecule has 0 radical (unpaired) electrons. The molecule has 1 heterocycles. The molecular weight excluding hydrogens is 314 g/mol. The van der Waals surface area contributed by atoms with Crippen molar-refractivity contribution in [2.24, 2.45) is 0 Å². The molecule has 0 atom stereocenters. The van der Waals surface area contributed by atoms with Crippen LogP contribution in [0.2, 0.25) is 0 Å². The van der Waals surface area contributed by atoms with Crippen LogP contribution in [0.3, 0.4) is 0 Å². The molecular formula is C18H12F2N2O2. The molecule has 0 fully saturated rings. The van der Waals surface area contributed by atoms with Crippen molar-refractivity contribution in [1.29, 1.82) is 0 Å². The summed E-state index contributed by atoms with van der Waals surface area (Å²) in [7, 11) is 0. The molecule has 1 N–H and O–H groups in total. The summed E-state index contributed by atoms with van der Waals surface area (Å²) < 4.78 is 32.3. The van der Waals surface area contributed by atoms with Gasteiger partial charge in [-0.1, -0.05) is 12.1 Å². The average molecular weight is 326 g/mol. The Bertz CT molecular complexity index is 870. The molecule has 0 bridgehead atoms. The van der Waals surface area contributed by atoms with Crippen molar-refractivity contribution in [3.8, 4) is 11.6 Å². The number of carbonyl (C=O) groups is 1. The van der Waals surface area contributed by atoms with Crippen molar-refractivity contribution in [2.75, 3.05) is 5.32 Å². The molecule has 0 unspecified atom stereocenters. The molecule has 0 saturated heterocycles. The third-order valence-corrected chi connectivity index (χ3v) is 3.13. The van der Waals surface area contributed by atoms with Crippen LogP contribution in [-0.4, -0.2) is 10.9 Å². The molecule has 1 aromatic heterocycles. The number of amides is 1. The maximum absolute atomic E-state index is 13.6. The molecule has 3 aromatic rings. The fourth-order valence-electron chi connectivity index (χ4n) is 2.02. The number of nitrogens with one attached hydrogen (secondary N) is 1. The lowest BCUT2D eigenvalue weighted by Crippen LogP contribution is -2.13. The van der Waals surface area contributed by atoms with E-state index in [1.807, 2.05) is 0 Å². The Kier molecular flexibility index (Phi) is 4.47. The number of hydrogen-bond donors (Lipinski definition) is 1. The number of benzene rings is 2. The van der Waals surface area contributed by atoms with Gasteiger partial charge in [0.25, 0.3) is 5.91 Å². The lowest BCUT2D eigenvalue weighted by Gasteiger charge is -2.08. The standard InChI is InChI=1S/C18H12F2N2O2/c19-13-7-8-15(20)16(11-13)22-18(23)12-4-3-5-14(10-12)24-17-6-1-2-9-21-17/h1-11H,(H,22,23). The Morgan fingerprint density at radius 3 is 2.67 bits per heavy atom. The van der Waals surface area contributed by atoms with Crippen molar-refractivity contribution in [1.82, 2.24) is 4.98 Å². The summed E-state index contributed by atoms with van der Waals surface area (Å²) in [4.78, 5) is 16.2. The van der Waals surface area contributed by atoms with E-state index in [1.165, 1.54) is 12.1 Å². The van der Waals surface area contributed by atoms with Gasteiger partial charge in [0.2, 0.25) is 5.88 Å². The van der Waals surface area contributed by atoms with Crippen LogP contribution in [0.1, 0.15) is 10.4 Å². The van der Waals surface area contributed by atoms with Gasteiger partial charge in [-0.05, 0) is 36.4 Å². The van der Waals surface area contributed by atoms with Crippen LogP contribution in [0.25, 0.3) is 0 Å². The van der Waals surface area contributed by atoms with Gasteiger partial charge >= 0.3 is 0 Å². The van der Waals surface area contributed by atoms with Crippen LogP contribution in [0.4, 0.5) is 14.5 Å². The summed E-state index contributed by atoms with van der Waals surface area (Å²) >= 11 is 0. The molecule has 1 amide bonds. The monoisotopic (exact) mass is 326 g/mol. The summed E-state index contributed by atoms with van der Waals surface area (Å²) in [6.07, 6.45) is 1.58. The zero-order valence-corrected chi connectivity index (χ0v) is 12.4. The lowest BCUT2D eigenvalue weighted by molar-refractivity contribution is 0.102. The summed E-state index contributed by atoms with van der Waals surface area (Å²) in [5, 5.41) is 2.33. The Morgan fingerprint density at radius 2 is 1.88 bits per heavy atom. The van der Waals surface area contributed by atoms with Gasteiger partial charge in [-0.25, -0.2) is 13.8 Å². The second-order valence-electron chi connectivity index (χ2n) is 4.88. The number of ether oxygens (including phenoxy) is 1. The normalized spacial score (nSPS) is 10.2. The Morgan fingerprint density at radius 1 is 1.00 bits per heavy atom. The topological polar surface area (TPSA) is 51.2 Å². The van der Waals surface area contributed by atoms with Crippen molar-refractivity contribution in [3.05, 3.63) is 84.1 Å². The highest BCUT2D eigenvalue weighted by molar-refractivity contribution is 6.04. The van der Waals surface area contributed by atoms with Crippen LogP contribution < -0.4 is 10.1 Å². The van der Waals surface area contributed by atoms with Gasteiger partial charge < -0.3 is 10.1 Å². The van der Waals surface area contributed by atoms with E-state index < -0.39 is 17.5 Å². The van der Waals surface area contributed by atoms with E-state index in [0.717, 1.165) is 18.2 Å². The van der Waals surface area contributed by atoms with Gasteiger partial charge in [0.1, 0.15) is 17.4 Å². The minimum atomic E-state index is -0.717. The number of nitrogens with zero attached hydrogens (tertiary/aromatic N) is 1. The first kappa shape index (κ1) is 15.6. The second-order valence-corrected chi connectivity index (χ2v) is 4.88. The number of pyridine rings is 1. The summed E-state index contributed by atoms with van der Waals surface area (Å²) in [6.45, 7) is 0. The first-order valence-corrected chi connectivity index (χ1v) is 7.07. The van der Waals surface area contributed by atoms with Crippen molar-refractivity contribution < 1.29 is 18.3 Å². The highest BCUT2D eigenvalue weighted by Crippen LogP contribution is 2.21. The SMILES string of the molecule is O=C(Nc1cc(F)ccc1F)c1cccc(Oc2ccccn2)c1. The molecule has 0 aliphatic heterocycles. The molecule has 0 saturated carbocycles. The van der Waals surface area contributed by atoms with Crippen molar-refractivity contribution in [3.63, 3.8) is 0 Å². The molecule has 24 heavy (non-hydrogen) atoms. The van der Waals surface area contributed by atoms with Crippen LogP contribution in [-0.2, 0) is 0 Å². The first-order chi connectivity index (χ1) is 11.6. The highest BCUT2D eigenvalue weighted by Gasteiger charge is 2.11. The highest BCUT2D eigenvalue weighted by atomic mass is 19.1. The molecule has 6 heteroatoms. The maximum atomic E-state index is 13.6. The second kappa shape index (κ2) is 6.87. The fraction of sp³-hybridized carbons (Fsp3) is 0. The number of halogens is 2. The largest absolute Gasteiger partial charge is 0.439 e. The Hall–Kier alpha value is -3.28. The van der Waals surface area contributed by atoms with Gasteiger partial charge in [-0.3, -0.25) is 4.79 Å².